The number of hydrogen-bond donors (Lipinski definition) is 0. The van der Waals surface area contributed by atoms with E-state index in [1.807, 2.05) is 13.8 Å². The van der Waals surface area contributed by atoms with Gasteiger partial charge in [0, 0.05) is 23.3 Å². The minimum absolute atomic E-state index is 0.0321. The third kappa shape index (κ3) is 3.33. The molecule has 0 spiro atoms. The van der Waals surface area contributed by atoms with Crippen LogP contribution >= 0.6 is 0 Å². The minimum Gasteiger partial charge on any atom is -0.465 e. The number of ether oxygens (including phenoxy) is 1. The van der Waals surface area contributed by atoms with Gasteiger partial charge in [-0.3, -0.25) is 19.3 Å². The van der Waals surface area contributed by atoms with E-state index in [0.717, 1.165) is 43.4 Å². The van der Waals surface area contributed by atoms with Crippen LogP contribution in [0.5, 0.6) is 0 Å². The largest absolute Gasteiger partial charge is 0.465 e. The molecule has 5 aliphatic carbocycles. The summed E-state index contributed by atoms with van der Waals surface area (Å²) in [5.41, 5.74) is 0.266. The smallest absolute Gasteiger partial charge is 0.308 e. The lowest BCUT2D eigenvalue weighted by Crippen LogP contribution is -2.48. The maximum atomic E-state index is 12.8. The van der Waals surface area contributed by atoms with Gasteiger partial charge in [0.15, 0.2) is 0 Å². The number of hydrogen-bond acceptors (Lipinski definition) is 4. The average Bonchev–Trinajstić information content (AvgIpc) is 2.88. The lowest BCUT2D eigenvalue weighted by Gasteiger charge is -2.56. The van der Waals surface area contributed by atoms with Crippen LogP contribution in [0.15, 0.2) is 0 Å². The molecule has 2 atom stereocenters. The molecule has 5 heteroatoms. The van der Waals surface area contributed by atoms with Crippen molar-refractivity contribution < 1.29 is 19.1 Å². The van der Waals surface area contributed by atoms with Crippen molar-refractivity contribution in [1.29, 1.82) is 0 Å². The lowest BCUT2D eigenvalue weighted by atomic mass is 9.50. The highest BCUT2D eigenvalue weighted by molar-refractivity contribution is 6.05. The van der Waals surface area contributed by atoms with Gasteiger partial charge in [0.05, 0.1) is 12.5 Å². The van der Waals surface area contributed by atoms with Crippen LogP contribution in [0.2, 0.25) is 0 Å². The Morgan fingerprint density at radius 1 is 0.897 bits per heavy atom. The number of esters is 1. The van der Waals surface area contributed by atoms with E-state index in [-0.39, 0.29) is 47.0 Å². The Hall–Kier alpha value is -1.39. The summed E-state index contributed by atoms with van der Waals surface area (Å²) in [6.07, 6.45) is 10.9. The van der Waals surface area contributed by atoms with Crippen molar-refractivity contribution in [3.8, 4) is 0 Å². The maximum Gasteiger partial charge on any atom is 0.308 e. The van der Waals surface area contributed by atoms with Crippen LogP contribution in [0, 0.1) is 40.9 Å². The molecule has 1 heterocycles. The van der Waals surface area contributed by atoms with E-state index in [2.05, 4.69) is 0 Å². The van der Waals surface area contributed by atoms with Gasteiger partial charge in [-0.05, 0) is 82.0 Å². The first-order chi connectivity index (χ1) is 13.8. The van der Waals surface area contributed by atoms with Gasteiger partial charge < -0.3 is 4.74 Å². The summed E-state index contributed by atoms with van der Waals surface area (Å²) in [6, 6.07) is -0.0328. The first-order valence-corrected chi connectivity index (χ1v) is 11.9. The fourth-order valence-corrected chi connectivity index (χ4v) is 7.71. The van der Waals surface area contributed by atoms with E-state index >= 15 is 0 Å². The normalized spacial score (nSPS) is 46.4. The molecule has 2 amide bonds. The third-order valence-electron chi connectivity index (χ3n) is 9.08. The van der Waals surface area contributed by atoms with Gasteiger partial charge >= 0.3 is 5.97 Å². The van der Waals surface area contributed by atoms with E-state index in [1.54, 1.807) is 0 Å². The number of carbonyl (C=O) groups is 3. The van der Waals surface area contributed by atoms with Crippen molar-refractivity contribution in [2.75, 3.05) is 6.61 Å². The Labute approximate surface area is 173 Å². The fourth-order valence-electron chi connectivity index (χ4n) is 7.71. The molecule has 29 heavy (non-hydrogen) atoms. The minimum atomic E-state index is -0.217. The predicted octanol–water partition coefficient (Wildman–Crippen LogP) is 3.95. The summed E-state index contributed by atoms with van der Waals surface area (Å²) >= 11 is 0. The molecule has 6 aliphatic rings. The van der Waals surface area contributed by atoms with Crippen LogP contribution in [-0.4, -0.2) is 35.3 Å². The highest BCUT2D eigenvalue weighted by Crippen LogP contribution is 2.60. The van der Waals surface area contributed by atoms with E-state index in [9.17, 15) is 14.4 Å². The number of rotatable bonds is 4. The van der Waals surface area contributed by atoms with Crippen LogP contribution in [0.1, 0.15) is 78.1 Å². The maximum absolute atomic E-state index is 12.8. The van der Waals surface area contributed by atoms with Gasteiger partial charge in [-0.1, -0.05) is 13.8 Å². The average molecular weight is 402 g/mol. The highest BCUT2D eigenvalue weighted by Gasteiger charge is 2.52. The second kappa shape index (κ2) is 7.09. The van der Waals surface area contributed by atoms with Gasteiger partial charge in [-0.15, -0.1) is 0 Å². The van der Waals surface area contributed by atoms with Gasteiger partial charge in [-0.2, -0.15) is 0 Å². The first kappa shape index (κ1) is 19.6. The van der Waals surface area contributed by atoms with E-state index in [0.29, 0.717) is 6.61 Å². The van der Waals surface area contributed by atoms with Gasteiger partial charge in [0.2, 0.25) is 11.8 Å². The molecule has 0 N–H and O–H groups in total. The van der Waals surface area contributed by atoms with Gasteiger partial charge in [-0.25, -0.2) is 0 Å². The molecule has 0 aromatic heterocycles. The Morgan fingerprint density at radius 3 is 1.86 bits per heavy atom. The van der Waals surface area contributed by atoms with E-state index in [1.165, 1.54) is 43.4 Å². The summed E-state index contributed by atoms with van der Waals surface area (Å²) in [5, 5.41) is 0. The Morgan fingerprint density at radius 2 is 1.38 bits per heavy atom. The zero-order valence-corrected chi connectivity index (χ0v) is 17.9. The van der Waals surface area contributed by atoms with Gasteiger partial charge in [0.25, 0.3) is 0 Å². The van der Waals surface area contributed by atoms with Crippen molar-refractivity contribution in [3.05, 3.63) is 0 Å². The number of imide groups is 1. The highest BCUT2D eigenvalue weighted by atomic mass is 16.5. The number of nitrogens with zero attached hydrogens (tertiary/aromatic N) is 1. The van der Waals surface area contributed by atoms with Gasteiger partial charge in [0.1, 0.15) is 0 Å². The molecule has 1 saturated heterocycles. The monoisotopic (exact) mass is 401 g/mol. The van der Waals surface area contributed by atoms with Crippen LogP contribution in [-0.2, 0) is 19.1 Å². The summed E-state index contributed by atoms with van der Waals surface area (Å²) in [4.78, 5) is 39.2. The summed E-state index contributed by atoms with van der Waals surface area (Å²) in [6.45, 7) is 4.31. The van der Waals surface area contributed by atoms with E-state index in [4.69, 9.17) is 4.74 Å². The number of likely N-dealkylation sites (tertiary alicyclic amines) is 1. The van der Waals surface area contributed by atoms with Crippen molar-refractivity contribution in [3.63, 3.8) is 0 Å². The topological polar surface area (TPSA) is 63.7 Å². The fraction of sp³-hybridized carbons (Fsp3) is 0.875. The molecule has 1 aliphatic heterocycles. The molecule has 5 nitrogen and oxygen atoms in total. The summed E-state index contributed by atoms with van der Waals surface area (Å²) < 4.78 is 5.92. The molecule has 2 unspecified atom stereocenters. The van der Waals surface area contributed by atoms with Crippen LogP contribution < -0.4 is 0 Å². The molecule has 160 valence electrons. The zero-order chi connectivity index (χ0) is 20.3. The summed E-state index contributed by atoms with van der Waals surface area (Å²) in [7, 11) is 0. The molecule has 4 bridgehead atoms. The Balaban J connectivity index is 1.13. The summed E-state index contributed by atoms with van der Waals surface area (Å²) in [5.74, 6) is 2.01. The van der Waals surface area contributed by atoms with Crippen molar-refractivity contribution in [2.45, 2.75) is 84.1 Å². The van der Waals surface area contributed by atoms with Crippen LogP contribution in [0.3, 0.4) is 0 Å². The molecule has 0 aromatic carbocycles. The number of carbonyl (C=O) groups excluding carboxylic acids is 3. The Bertz CT molecular complexity index is 652. The first-order valence-electron chi connectivity index (χ1n) is 11.9. The molecular weight excluding hydrogens is 366 g/mol. The third-order valence-corrected chi connectivity index (χ3v) is 9.08. The van der Waals surface area contributed by atoms with Crippen molar-refractivity contribution in [1.82, 2.24) is 4.90 Å². The van der Waals surface area contributed by atoms with Crippen LogP contribution in [0.25, 0.3) is 0 Å². The van der Waals surface area contributed by atoms with Crippen molar-refractivity contribution >= 4 is 17.8 Å². The second-order valence-corrected chi connectivity index (χ2v) is 11.2. The molecule has 6 rings (SSSR count). The van der Waals surface area contributed by atoms with Crippen molar-refractivity contribution in [2.24, 2.45) is 40.9 Å². The molecular formula is C24H35NO4. The Kier molecular flexibility index (Phi) is 4.78. The SMILES string of the molecule is CC1C(=O)N(C2CCC(C(=O)OCC34CC5CC(CC(C5)C3)C4)CC2)C(=O)C1C. The van der Waals surface area contributed by atoms with E-state index < -0.39 is 0 Å². The molecule has 5 saturated carbocycles. The molecule has 6 fully saturated rings. The standard InChI is InChI=1S/C24H35NO4/c1-14-15(2)22(27)25(21(14)26)20-5-3-19(4-6-20)23(28)29-13-24-10-16-7-17(11-24)9-18(8-16)12-24/h14-20H,3-13H2,1-2H3. The lowest BCUT2D eigenvalue weighted by molar-refractivity contribution is -0.161. The quantitative estimate of drug-likeness (QED) is 0.529. The van der Waals surface area contributed by atoms with Crippen LogP contribution in [0.4, 0.5) is 0 Å². The molecule has 0 aromatic rings. The number of amides is 2. The second-order valence-electron chi connectivity index (χ2n) is 11.2. The predicted molar refractivity (Wildman–Crippen MR) is 107 cm³/mol. The molecule has 0 radical (unpaired) electrons. The zero-order valence-electron chi connectivity index (χ0n) is 17.9.